The fraction of sp³-hybridized carbons (Fsp3) is 0.259. The molecule has 0 bridgehead atoms. The van der Waals surface area contributed by atoms with E-state index < -0.39 is 5.97 Å². The van der Waals surface area contributed by atoms with Gasteiger partial charge in [0.05, 0.1) is 11.1 Å². The smallest absolute Gasteiger partial charge is 0.300 e. The van der Waals surface area contributed by atoms with Crippen molar-refractivity contribution >= 4 is 40.2 Å². The molecule has 1 aliphatic heterocycles. The van der Waals surface area contributed by atoms with Gasteiger partial charge in [-0.05, 0) is 68.4 Å². The Morgan fingerprint density at radius 3 is 2.45 bits per heavy atom. The van der Waals surface area contributed by atoms with Crippen LogP contribution >= 0.6 is 0 Å². The zero-order valence-electron chi connectivity index (χ0n) is 21.1. The number of hydrogen-bond acceptors (Lipinski definition) is 7. The highest BCUT2D eigenvalue weighted by molar-refractivity contribution is 6.07. The van der Waals surface area contributed by atoms with Crippen molar-refractivity contribution < 1.29 is 23.8 Å². The van der Waals surface area contributed by atoms with E-state index in [2.05, 4.69) is 37.8 Å². The Kier molecular flexibility index (Phi) is 8.49. The number of aromatic nitrogens is 3. The number of carbonyl (C=O) groups is 2. The van der Waals surface area contributed by atoms with Crippen molar-refractivity contribution in [2.45, 2.75) is 25.9 Å². The number of carbonyl (C=O) groups excluding carboxylic acids is 1. The molecule has 4 aromatic rings. The van der Waals surface area contributed by atoms with Crippen LogP contribution in [-0.2, 0) is 4.79 Å². The fourth-order valence-corrected chi connectivity index (χ4v) is 3.93. The van der Waals surface area contributed by atoms with Gasteiger partial charge < -0.3 is 25.4 Å². The monoisotopic (exact) mass is 520 g/mol. The van der Waals surface area contributed by atoms with Crippen molar-refractivity contribution in [2.75, 3.05) is 30.8 Å². The van der Waals surface area contributed by atoms with E-state index in [0.29, 0.717) is 33.9 Å². The second-order valence-corrected chi connectivity index (χ2v) is 8.89. The molecule has 4 N–H and O–H groups in total. The molecule has 2 aromatic heterocycles. The van der Waals surface area contributed by atoms with Crippen LogP contribution in [0.5, 0.6) is 5.75 Å². The number of carboxylic acid groups (broad SMARTS) is 1. The van der Waals surface area contributed by atoms with Crippen LogP contribution in [0.25, 0.3) is 11.0 Å². The number of likely N-dealkylation sites (tertiary alicyclic amines) is 1. The molecule has 1 amide bonds. The van der Waals surface area contributed by atoms with E-state index >= 15 is 0 Å². The average Bonchev–Trinajstić information content (AvgIpc) is 3.28. The van der Waals surface area contributed by atoms with Gasteiger partial charge in [0.15, 0.2) is 11.5 Å². The number of piperidine rings is 1. The summed E-state index contributed by atoms with van der Waals surface area (Å²) in [5, 5.41) is 20.8. The molecule has 5 rings (SSSR count). The third-order valence-electron chi connectivity index (χ3n) is 5.88. The topological polar surface area (TPSA) is 132 Å². The summed E-state index contributed by atoms with van der Waals surface area (Å²) in [5.41, 5.74) is 1.29. The van der Waals surface area contributed by atoms with E-state index in [4.69, 9.17) is 14.6 Å². The summed E-state index contributed by atoms with van der Waals surface area (Å²) in [6, 6.07) is 16.9. The van der Waals surface area contributed by atoms with Gasteiger partial charge >= 0.3 is 0 Å². The second kappa shape index (κ2) is 12.2. The molecule has 198 valence electrons. The number of fused-ring (bicyclic) bond motifs is 1. The van der Waals surface area contributed by atoms with Crippen LogP contribution < -0.4 is 15.4 Å². The lowest BCUT2D eigenvalue weighted by molar-refractivity contribution is -0.134. The van der Waals surface area contributed by atoms with Gasteiger partial charge in [-0.1, -0.05) is 12.1 Å². The number of rotatable bonds is 6. The van der Waals surface area contributed by atoms with Crippen LogP contribution in [0.4, 0.5) is 21.7 Å². The van der Waals surface area contributed by atoms with Gasteiger partial charge in [0.25, 0.3) is 11.9 Å². The third kappa shape index (κ3) is 7.04. The number of benzene rings is 2. The SMILES string of the molecule is CC(=O)O.CN1CCC(Oc2ccc(C(=O)Nc3n[nH]c4nc(Nc5ccccc5F)ccc34)cc2)CC1. The van der Waals surface area contributed by atoms with Crippen LogP contribution in [0.1, 0.15) is 30.1 Å². The number of pyridine rings is 1. The number of H-pyrrole nitrogens is 1. The number of amides is 1. The van der Waals surface area contributed by atoms with Gasteiger partial charge in [-0.2, -0.15) is 5.10 Å². The molecule has 0 unspecified atom stereocenters. The van der Waals surface area contributed by atoms with E-state index in [0.717, 1.165) is 38.6 Å². The van der Waals surface area contributed by atoms with Crippen LogP contribution in [0, 0.1) is 5.82 Å². The molecule has 11 heteroatoms. The van der Waals surface area contributed by atoms with Crippen molar-refractivity contribution in [3.8, 4) is 5.75 Å². The first-order valence-electron chi connectivity index (χ1n) is 12.1. The number of ether oxygens (including phenoxy) is 1. The number of hydrogen-bond donors (Lipinski definition) is 4. The summed E-state index contributed by atoms with van der Waals surface area (Å²) in [6.45, 7) is 3.14. The minimum atomic E-state index is -0.833. The van der Waals surface area contributed by atoms with E-state index in [1.165, 1.54) is 6.07 Å². The molecule has 1 aliphatic rings. The Bertz CT molecular complexity index is 1400. The number of carboxylic acids is 1. The van der Waals surface area contributed by atoms with Gasteiger partial charge in [0.1, 0.15) is 23.5 Å². The molecular formula is C27H29FN6O4. The largest absolute Gasteiger partial charge is 0.490 e. The first-order valence-corrected chi connectivity index (χ1v) is 12.1. The summed E-state index contributed by atoms with van der Waals surface area (Å²) in [4.78, 5) is 28.5. The summed E-state index contributed by atoms with van der Waals surface area (Å²) in [6.07, 6.45) is 2.20. The Morgan fingerprint density at radius 2 is 1.76 bits per heavy atom. The van der Waals surface area contributed by atoms with Gasteiger partial charge in [0, 0.05) is 25.6 Å². The average molecular weight is 521 g/mol. The van der Waals surface area contributed by atoms with Crippen LogP contribution in [0.2, 0.25) is 0 Å². The Balaban J connectivity index is 0.000000786. The van der Waals surface area contributed by atoms with Gasteiger partial charge in [-0.25, -0.2) is 9.37 Å². The van der Waals surface area contributed by atoms with Gasteiger partial charge in [-0.15, -0.1) is 0 Å². The second-order valence-electron chi connectivity index (χ2n) is 8.89. The Labute approximate surface area is 218 Å². The van der Waals surface area contributed by atoms with Crippen molar-refractivity contribution in [1.29, 1.82) is 0 Å². The standard InChI is InChI=1S/C25H25FN6O2.C2H4O2/c1-32-14-12-18(13-15-32)34-17-8-6-16(7-9-17)25(33)29-24-19-10-11-22(28-23(19)30-31-24)27-21-5-3-2-4-20(21)26;1-2(3)4/h2-11,18H,12-15H2,1H3,(H3,27,28,29,30,31,33);1H3,(H,3,4). The minimum absolute atomic E-state index is 0.205. The first kappa shape index (κ1) is 26.6. The molecule has 1 fully saturated rings. The number of nitrogens with one attached hydrogen (secondary N) is 3. The normalized spacial score (nSPS) is 13.9. The van der Waals surface area contributed by atoms with Gasteiger partial charge in [0.2, 0.25) is 0 Å². The zero-order valence-corrected chi connectivity index (χ0v) is 21.1. The number of halogens is 1. The summed E-state index contributed by atoms with van der Waals surface area (Å²) in [5.74, 6) is 0.101. The summed E-state index contributed by atoms with van der Waals surface area (Å²) >= 11 is 0. The number of anilines is 3. The molecule has 3 heterocycles. The maximum Gasteiger partial charge on any atom is 0.300 e. The molecule has 0 aliphatic carbocycles. The number of nitrogens with zero attached hydrogens (tertiary/aromatic N) is 3. The van der Waals surface area contributed by atoms with E-state index in [1.807, 2.05) is 12.1 Å². The van der Waals surface area contributed by atoms with E-state index in [1.54, 1.807) is 42.5 Å². The van der Waals surface area contributed by atoms with Crippen LogP contribution in [0.3, 0.4) is 0 Å². The summed E-state index contributed by atoms with van der Waals surface area (Å²) in [7, 11) is 2.11. The molecule has 10 nitrogen and oxygen atoms in total. The predicted molar refractivity (Wildman–Crippen MR) is 142 cm³/mol. The van der Waals surface area contributed by atoms with Crippen LogP contribution in [0.15, 0.2) is 60.7 Å². The molecule has 0 saturated carbocycles. The Morgan fingerprint density at radius 1 is 1.08 bits per heavy atom. The number of aliphatic carboxylic acids is 1. The molecule has 38 heavy (non-hydrogen) atoms. The predicted octanol–water partition coefficient (Wildman–Crippen LogP) is 4.66. The maximum atomic E-state index is 13.9. The van der Waals surface area contributed by atoms with E-state index in [-0.39, 0.29) is 17.8 Å². The van der Waals surface area contributed by atoms with Crippen molar-refractivity contribution in [1.82, 2.24) is 20.1 Å². The summed E-state index contributed by atoms with van der Waals surface area (Å²) < 4.78 is 19.9. The zero-order chi connectivity index (χ0) is 27.1. The molecule has 0 radical (unpaired) electrons. The highest BCUT2D eigenvalue weighted by Gasteiger charge is 2.18. The molecule has 1 saturated heterocycles. The Hall–Kier alpha value is -4.51. The van der Waals surface area contributed by atoms with Crippen molar-refractivity contribution in [3.05, 3.63) is 72.0 Å². The van der Waals surface area contributed by atoms with E-state index in [9.17, 15) is 9.18 Å². The lowest BCUT2D eigenvalue weighted by atomic mass is 10.1. The quantitative estimate of drug-likeness (QED) is 0.289. The van der Waals surface area contributed by atoms with Crippen LogP contribution in [-0.4, -0.2) is 63.3 Å². The molecule has 2 aromatic carbocycles. The minimum Gasteiger partial charge on any atom is -0.490 e. The number of aromatic amines is 1. The van der Waals surface area contributed by atoms with Crippen molar-refractivity contribution in [3.63, 3.8) is 0 Å². The fourth-order valence-electron chi connectivity index (χ4n) is 3.93. The highest BCUT2D eigenvalue weighted by atomic mass is 19.1. The number of para-hydroxylation sites is 1. The van der Waals surface area contributed by atoms with Crippen molar-refractivity contribution in [2.24, 2.45) is 0 Å². The molecule has 0 atom stereocenters. The maximum absolute atomic E-state index is 13.9. The first-order chi connectivity index (χ1) is 18.3. The van der Waals surface area contributed by atoms with Gasteiger partial charge in [-0.3, -0.25) is 14.7 Å². The molecular weight excluding hydrogens is 491 g/mol. The third-order valence-corrected chi connectivity index (χ3v) is 5.88. The lowest BCUT2D eigenvalue weighted by Crippen LogP contribution is -2.35. The lowest BCUT2D eigenvalue weighted by Gasteiger charge is -2.29. The molecule has 0 spiro atoms. The highest BCUT2D eigenvalue weighted by Crippen LogP contribution is 2.25.